The number of ether oxygens (including phenoxy) is 2. The second kappa shape index (κ2) is 11.0. The number of rotatable bonds is 9. The zero-order valence-corrected chi connectivity index (χ0v) is 21.0. The van der Waals surface area contributed by atoms with E-state index in [0.29, 0.717) is 6.04 Å². The Kier molecular flexibility index (Phi) is 8.61. The third-order valence-electron chi connectivity index (χ3n) is 6.46. The van der Waals surface area contributed by atoms with E-state index < -0.39 is 0 Å². The Balaban J connectivity index is 1.79. The third-order valence-corrected chi connectivity index (χ3v) is 7.38. The van der Waals surface area contributed by atoms with Gasteiger partial charge in [0, 0.05) is 43.1 Å². The summed E-state index contributed by atoms with van der Waals surface area (Å²) in [5.74, 6) is 2.12. The van der Waals surface area contributed by atoms with Crippen LogP contribution in [0.4, 0.5) is 11.5 Å². The first-order valence-electron chi connectivity index (χ1n) is 11.2. The number of piperidine rings is 1. The van der Waals surface area contributed by atoms with Gasteiger partial charge in [-0.1, -0.05) is 29.8 Å². The van der Waals surface area contributed by atoms with E-state index in [-0.39, 0.29) is 22.4 Å². The SMILES string of the molecule is CNC(Br)c1c(NC2CCNCC2)ccnc1NCC1CC(C)(C)C(OC)C=C1OC. The fraction of sp³-hybridized carbons (Fsp3) is 0.696. The molecule has 2 aliphatic rings. The molecule has 1 fully saturated rings. The molecule has 7 nitrogen and oxygen atoms in total. The van der Waals surface area contributed by atoms with Crippen molar-refractivity contribution in [2.24, 2.45) is 11.3 Å². The molecule has 1 aromatic heterocycles. The summed E-state index contributed by atoms with van der Waals surface area (Å²) < 4.78 is 11.4. The molecule has 0 saturated carbocycles. The summed E-state index contributed by atoms with van der Waals surface area (Å²) in [6, 6.07) is 2.54. The van der Waals surface area contributed by atoms with Gasteiger partial charge in [-0.15, -0.1) is 0 Å². The van der Waals surface area contributed by atoms with Crippen LogP contribution < -0.4 is 21.3 Å². The van der Waals surface area contributed by atoms with E-state index in [1.165, 1.54) is 0 Å². The molecular formula is C23H38BrN5O2. The van der Waals surface area contributed by atoms with Crippen LogP contribution in [-0.2, 0) is 9.47 Å². The molecule has 0 aromatic carbocycles. The first-order chi connectivity index (χ1) is 14.9. The van der Waals surface area contributed by atoms with Crippen LogP contribution in [0, 0.1) is 11.3 Å². The number of aromatic nitrogens is 1. The second-order valence-corrected chi connectivity index (χ2v) is 10.1. The lowest BCUT2D eigenvalue weighted by atomic mass is 9.73. The number of nitrogens with zero attached hydrogens (tertiary/aromatic N) is 1. The van der Waals surface area contributed by atoms with Gasteiger partial charge in [-0.05, 0) is 57.0 Å². The van der Waals surface area contributed by atoms with Crippen molar-refractivity contribution < 1.29 is 9.47 Å². The first-order valence-corrected chi connectivity index (χ1v) is 12.1. The maximum Gasteiger partial charge on any atom is 0.133 e. The highest BCUT2D eigenvalue weighted by Gasteiger charge is 2.38. The summed E-state index contributed by atoms with van der Waals surface area (Å²) in [6.45, 7) is 7.36. The van der Waals surface area contributed by atoms with Crippen LogP contribution in [0.25, 0.3) is 0 Å². The van der Waals surface area contributed by atoms with Crippen LogP contribution in [0.1, 0.15) is 43.6 Å². The van der Waals surface area contributed by atoms with Crippen LogP contribution >= 0.6 is 15.9 Å². The normalized spacial score (nSPS) is 24.9. The number of nitrogens with one attached hydrogen (secondary N) is 4. The molecule has 8 heteroatoms. The zero-order chi connectivity index (χ0) is 22.4. The smallest absolute Gasteiger partial charge is 0.133 e. The summed E-state index contributed by atoms with van der Waals surface area (Å²) in [7, 11) is 5.46. The van der Waals surface area contributed by atoms with Crippen LogP contribution in [0.2, 0.25) is 0 Å². The van der Waals surface area contributed by atoms with E-state index in [2.05, 4.69) is 68.2 Å². The van der Waals surface area contributed by atoms with Crippen LogP contribution in [-0.4, -0.2) is 58.0 Å². The van der Waals surface area contributed by atoms with Crippen molar-refractivity contribution >= 4 is 27.4 Å². The summed E-state index contributed by atoms with van der Waals surface area (Å²) in [5.41, 5.74) is 2.27. The Morgan fingerprint density at radius 1 is 1.29 bits per heavy atom. The average Bonchev–Trinajstić information content (AvgIpc) is 2.77. The summed E-state index contributed by atoms with van der Waals surface area (Å²) in [4.78, 5) is 4.68. The van der Waals surface area contributed by atoms with Crippen molar-refractivity contribution in [3.05, 3.63) is 29.7 Å². The first kappa shape index (κ1) is 24.3. The minimum atomic E-state index is -0.00831. The Bertz CT molecular complexity index is 751. The molecule has 31 heavy (non-hydrogen) atoms. The van der Waals surface area contributed by atoms with Gasteiger partial charge in [0.2, 0.25) is 0 Å². The number of anilines is 2. The molecule has 0 bridgehead atoms. The standard InChI is InChI=1S/C23H38BrN5O2/c1-23(2)13-15(18(30-4)12-19(23)31-5)14-28-22-20(21(24)25-3)17(8-11-27-22)29-16-6-9-26-10-7-16/h8,11-12,15-16,19,21,25-26H,6-7,9-10,13-14H2,1-5H3,(H2,27,28,29). The van der Waals surface area contributed by atoms with Crippen LogP contribution in [0.5, 0.6) is 0 Å². The molecule has 1 aliphatic heterocycles. The van der Waals surface area contributed by atoms with Gasteiger partial charge in [0.25, 0.3) is 0 Å². The number of hydrogen-bond acceptors (Lipinski definition) is 7. The summed E-state index contributed by atoms with van der Waals surface area (Å²) >= 11 is 3.78. The topological polar surface area (TPSA) is 79.5 Å². The number of halogens is 1. The van der Waals surface area contributed by atoms with Gasteiger partial charge in [0.15, 0.2) is 0 Å². The van der Waals surface area contributed by atoms with Crippen LogP contribution in [0.15, 0.2) is 24.1 Å². The minimum Gasteiger partial charge on any atom is -0.501 e. The second-order valence-electron chi connectivity index (χ2n) is 9.14. The van der Waals surface area contributed by atoms with Crippen LogP contribution in [0.3, 0.4) is 0 Å². The highest BCUT2D eigenvalue weighted by molar-refractivity contribution is 9.09. The van der Waals surface area contributed by atoms with Crippen molar-refractivity contribution in [2.75, 3.05) is 51.5 Å². The van der Waals surface area contributed by atoms with Gasteiger partial charge in [0.1, 0.15) is 5.82 Å². The molecule has 3 rings (SSSR count). The van der Waals surface area contributed by atoms with Gasteiger partial charge in [-0.2, -0.15) is 0 Å². The lowest BCUT2D eigenvalue weighted by molar-refractivity contribution is 0.00955. The van der Waals surface area contributed by atoms with Crippen molar-refractivity contribution in [1.82, 2.24) is 15.6 Å². The van der Waals surface area contributed by atoms with Gasteiger partial charge < -0.3 is 30.7 Å². The predicted octanol–water partition coefficient (Wildman–Crippen LogP) is 3.86. The fourth-order valence-corrected chi connectivity index (χ4v) is 5.17. The molecule has 0 spiro atoms. The largest absolute Gasteiger partial charge is 0.501 e. The molecule has 3 unspecified atom stereocenters. The highest BCUT2D eigenvalue weighted by atomic mass is 79.9. The van der Waals surface area contributed by atoms with Gasteiger partial charge in [0.05, 0.1) is 23.9 Å². The van der Waals surface area contributed by atoms with Gasteiger partial charge in [-0.25, -0.2) is 4.98 Å². The Labute approximate surface area is 195 Å². The van der Waals surface area contributed by atoms with E-state index in [4.69, 9.17) is 9.47 Å². The summed E-state index contributed by atoms with van der Waals surface area (Å²) in [6.07, 6.45) is 7.28. The predicted molar refractivity (Wildman–Crippen MR) is 131 cm³/mol. The monoisotopic (exact) mass is 495 g/mol. The van der Waals surface area contributed by atoms with Gasteiger partial charge in [-0.3, -0.25) is 0 Å². The Morgan fingerprint density at radius 3 is 2.68 bits per heavy atom. The molecule has 0 radical (unpaired) electrons. The van der Waals surface area contributed by atoms with E-state index in [9.17, 15) is 0 Å². The highest BCUT2D eigenvalue weighted by Crippen LogP contribution is 2.40. The maximum atomic E-state index is 5.72. The lowest BCUT2D eigenvalue weighted by Crippen LogP contribution is -2.39. The molecule has 2 heterocycles. The number of methoxy groups -OCH3 is 2. The van der Waals surface area contributed by atoms with E-state index in [1.807, 2.05) is 13.2 Å². The summed E-state index contributed by atoms with van der Waals surface area (Å²) in [5, 5.41) is 14.1. The molecule has 174 valence electrons. The molecule has 1 saturated heterocycles. The van der Waals surface area contributed by atoms with E-state index >= 15 is 0 Å². The molecule has 1 aromatic rings. The molecule has 0 amide bonds. The van der Waals surface area contributed by atoms with Crippen molar-refractivity contribution in [1.29, 1.82) is 0 Å². The fourth-order valence-electron chi connectivity index (χ4n) is 4.70. The average molecular weight is 496 g/mol. The van der Waals surface area contributed by atoms with E-state index in [0.717, 1.165) is 61.7 Å². The molecule has 4 N–H and O–H groups in total. The van der Waals surface area contributed by atoms with Crippen molar-refractivity contribution in [3.8, 4) is 0 Å². The Morgan fingerprint density at radius 2 is 2.03 bits per heavy atom. The maximum absolute atomic E-state index is 5.72. The molecular weight excluding hydrogens is 458 g/mol. The van der Waals surface area contributed by atoms with E-state index in [1.54, 1.807) is 14.2 Å². The van der Waals surface area contributed by atoms with Gasteiger partial charge >= 0.3 is 0 Å². The minimum absolute atomic E-state index is 0.00831. The zero-order valence-electron chi connectivity index (χ0n) is 19.4. The number of alkyl halides is 1. The van der Waals surface area contributed by atoms with Crippen molar-refractivity contribution in [3.63, 3.8) is 0 Å². The Hall–Kier alpha value is -1.35. The number of pyridine rings is 1. The molecule has 3 atom stereocenters. The molecule has 1 aliphatic carbocycles. The number of hydrogen-bond donors (Lipinski definition) is 4. The quantitative estimate of drug-likeness (QED) is 0.306. The third kappa shape index (κ3) is 5.92. The van der Waals surface area contributed by atoms with Crippen molar-refractivity contribution in [2.45, 2.75) is 50.2 Å². The lowest BCUT2D eigenvalue weighted by Gasteiger charge is -2.40.